The van der Waals surface area contributed by atoms with E-state index in [1.807, 2.05) is 36.7 Å². The first-order chi connectivity index (χ1) is 9.24. The first-order valence-electron chi connectivity index (χ1n) is 6.31. The van der Waals surface area contributed by atoms with E-state index in [0.717, 1.165) is 36.3 Å². The highest BCUT2D eigenvalue weighted by atomic mass is 16.4. The zero-order chi connectivity index (χ0) is 13.7. The van der Waals surface area contributed by atoms with Gasteiger partial charge in [-0.25, -0.2) is 4.98 Å². The first-order valence-corrected chi connectivity index (χ1v) is 6.31. The number of nitrogens with two attached hydrogens (primary N) is 1. The number of rotatable bonds is 5. The Balaban J connectivity index is 2.21. The van der Waals surface area contributed by atoms with Crippen molar-refractivity contribution in [1.82, 2.24) is 9.55 Å². The van der Waals surface area contributed by atoms with E-state index < -0.39 is 0 Å². The molecule has 3 N–H and O–H groups in total. The summed E-state index contributed by atoms with van der Waals surface area (Å²) < 4.78 is 2.12. The summed E-state index contributed by atoms with van der Waals surface area (Å²) in [6, 6.07) is 7.66. The topological polar surface area (TPSA) is 76.4 Å². The lowest BCUT2D eigenvalue weighted by Crippen LogP contribution is -2.13. The molecule has 0 aliphatic rings. The quantitative estimate of drug-likeness (QED) is 0.372. The summed E-state index contributed by atoms with van der Waals surface area (Å²) >= 11 is 0. The number of hydrogen-bond donors (Lipinski definition) is 2. The van der Waals surface area contributed by atoms with Crippen molar-refractivity contribution >= 4 is 5.84 Å². The summed E-state index contributed by atoms with van der Waals surface area (Å²) in [5.41, 5.74) is 7.41. The normalized spacial score (nSPS) is 11.7. The number of aromatic nitrogens is 2. The summed E-state index contributed by atoms with van der Waals surface area (Å²) in [6.07, 6.45) is 5.83. The van der Waals surface area contributed by atoms with Gasteiger partial charge in [0.25, 0.3) is 0 Å². The zero-order valence-corrected chi connectivity index (χ0v) is 11.0. The van der Waals surface area contributed by atoms with Crippen molar-refractivity contribution in [1.29, 1.82) is 0 Å². The van der Waals surface area contributed by atoms with Gasteiger partial charge >= 0.3 is 0 Å². The van der Waals surface area contributed by atoms with Gasteiger partial charge in [-0.2, -0.15) is 0 Å². The maximum absolute atomic E-state index is 8.70. The number of nitrogens with zero attached hydrogens (tertiary/aromatic N) is 3. The number of aryl methyl sites for hydroxylation is 1. The molecule has 0 radical (unpaired) electrons. The maximum atomic E-state index is 8.70. The molecule has 1 aromatic heterocycles. The molecule has 2 rings (SSSR count). The van der Waals surface area contributed by atoms with Gasteiger partial charge in [0.1, 0.15) is 5.82 Å². The Morgan fingerprint density at radius 3 is 3.05 bits per heavy atom. The van der Waals surface area contributed by atoms with Crippen LogP contribution in [-0.2, 0) is 13.0 Å². The van der Waals surface area contributed by atoms with Crippen LogP contribution < -0.4 is 5.73 Å². The third-order valence-electron chi connectivity index (χ3n) is 2.96. The highest BCUT2D eigenvalue weighted by molar-refractivity contribution is 5.97. The minimum atomic E-state index is 0.126. The predicted octanol–water partition coefficient (Wildman–Crippen LogP) is 1.98. The summed E-state index contributed by atoms with van der Waals surface area (Å²) in [7, 11) is 0. The van der Waals surface area contributed by atoms with Crippen molar-refractivity contribution in [2.24, 2.45) is 10.9 Å². The lowest BCUT2D eigenvalue weighted by Gasteiger charge is -2.08. The molecule has 0 atom stereocenters. The summed E-state index contributed by atoms with van der Waals surface area (Å²) in [6.45, 7) is 2.87. The molecule has 0 saturated heterocycles. The van der Waals surface area contributed by atoms with Crippen LogP contribution in [0.25, 0.3) is 0 Å². The molecule has 100 valence electrons. The number of benzene rings is 1. The number of oxime groups is 1. The minimum absolute atomic E-state index is 0.126. The molecule has 0 bridgehead atoms. The fourth-order valence-electron chi connectivity index (χ4n) is 2.02. The van der Waals surface area contributed by atoms with E-state index in [-0.39, 0.29) is 5.84 Å². The Labute approximate surface area is 112 Å². The van der Waals surface area contributed by atoms with Crippen molar-refractivity contribution in [2.75, 3.05) is 0 Å². The second-order valence-corrected chi connectivity index (χ2v) is 4.41. The minimum Gasteiger partial charge on any atom is -0.409 e. The maximum Gasteiger partial charge on any atom is 0.170 e. The molecule has 0 fully saturated rings. The molecule has 19 heavy (non-hydrogen) atoms. The van der Waals surface area contributed by atoms with Gasteiger partial charge in [0.15, 0.2) is 5.84 Å². The third kappa shape index (κ3) is 3.13. The van der Waals surface area contributed by atoms with Crippen molar-refractivity contribution in [3.63, 3.8) is 0 Å². The second kappa shape index (κ2) is 6.04. The zero-order valence-electron chi connectivity index (χ0n) is 11.0. The molecule has 0 amide bonds. The van der Waals surface area contributed by atoms with Crippen LogP contribution >= 0.6 is 0 Å². The van der Waals surface area contributed by atoms with E-state index in [1.54, 1.807) is 0 Å². The standard InChI is InChI=1S/C14H18N4O/c1-2-4-13-16-7-8-18(13)10-11-5-3-6-12(9-11)14(15)17-19/h3,5-9,19H,2,4,10H2,1H3,(H2,15,17). The average Bonchev–Trinajstić information content (AvgIpc) is 2.86. The van der Waals surface area contributed by atoms with Gasteiger partial charge in [0, 0.05) is 30.9 Å². The van der Waals surface area contributed by atoms with E-state index in [2.05, 4.69) is 21.6 Å². The second-order valence-electron chi connectivity index (χ2n) is 4.41. The predicted molar refractivity (Wildman–Crippen MR) is 74.3 cm³/mol. The molecule has 0 saturated carbocycles. The average molecular weight is 258 g/mol. The smallest absolute Gasteiger partial charge is 0.170 e. The molecule has 5 heteroatoms. The molecule has 0 unspecified atom stereocenters. The molecule has 0 aliphatic carbocycles. The van der Waals surface area contributed by atoms with Gasteiger partial charge in [0.05, 0.1) is 0 Å². The van der Waals surface area contributed by atoms with Crippen molar-refractivity contribution in [3.05, 3.63) is 53.6 Å². The molecular weight excluding hydrogens is 240 g/mol. The van der Waals surface area contributed by atoms with Gasteiger partial charge in [-0.1, -0.05) is 30.3 Å². The van der Waals surface area contributed by atoms with Gasteiger partial charge in [-0.05, 0) is 18.1 Å². The Morgan fingerprint density at radius 2 is 2.32 bits per heavy atom. The van der Waals surface area contributed by atoms with Crippen LogP contribution in [0, 0.1) is 0 Å². The van der Waals surface area contributed by atoms with Gasteiger partial charge in [-0.15, -0.1) is 0 Å². The van der Waals surface area contributed by atoms with E-state index in [1.165, 1.54) is 0 Å². The van der Waals surface area contributed by atoms with Crippen LogP contribution in [-0.4, -0.2) is 20.6 Å². The summed E-state index contributed by atoms with van der Waals surface area (Å²) in [5.74, 6) is 1.21. The van der Waals surface area contributed by atoms with Crippen LogP contribution in [0.15, 0.2) is 41.8 Å². The Bertz CT molecular complexity index is 574. The van der Waals surface area contributed by atoms with Crippen molar-refractivity contribution < 1.29 is 5.21 Å². The molecule has 1 heterocycles. The molecule has 5 nitrogen and oxygen atoms in total. The Hall–Kier alpha value is -2.30. The van der Waals surface area contributed by atoms with Crippen LogP contribution in [0.4, 0.5) is 0 Å². The van der Waals surface area contributed by atoms with Crippen molar-refractivity contribution in [2.45, 2.75) is 26.3 Å². The van der Waals surface area contributed by atoms with Crippen LogP contribution in [0.3, 0.4) is 0 Å². The highest BCUT2D eigenvalue weighted by Gasteiger charge is 2.04. The van der Waals surface area contributed by atoms with Crippen LogP contribution in [0.2, 0.25) is 0 Å². The van der Waals surface area contributed by atoms with Crippen molar-refractivity contribution in [3.8, 4) is 0 Å². The Kier molecular flexibility index (Phi) is 4.18. The van der Waals surface area contributed by atoms with Gasteiger partial charge < -0.3 is 15.5 Å². The van der Waals surface area contributed by atoms with E-state index in [4.69, 9.17) is 10.9 Å². The number of hydrogen-bond acceptors (Lipinski definition) is 3. The molecular formula is C14H18N4O. The van der Waals surface area contributed by atoms with Crippen LogP contribution in [0.1, 0.15) is 30.3 Å². The van der Waals surface area contributed by atoms with Gasteiger partial charge in [-0.3, -0.25) is 0 Å². The summed E-state index contributed by atoms with van der Waals surface area (Å²) in [4.78, 5) is 4.35. The van der Waals surface area contributed by atoms with E-state index in [0.29, 0.717) is 0 Å². The SMILES string of the molecule is CCCc1nccn1Cc1cccc(C(N)=NO)c1. The fraction of sp³-hybridized carbons (Fsp3) is 0.286. The Morgan fingerprint density at radius 1 is 1.47 bits per heavy atom. The largest absolute Gasteiger partial charge is 0.409 e. The van der Waals surface area contributed by atoms with Crippen LogP contribution in [0.5, 0.6) is 0 Å². The molecule has 0 spiro atoms. The number of imidazole rings is 1. The number of amidine groups is 1. The van der Waals surface area contributed by atoms with Gasteiger partial charge in [0.2, 0.25) is 0 Å². The van der Waals surface area contributed by atoms with E-state index in [9.17, 15) is 0 Å². The molecule has 1 aromatic carbocycles. The van der Waals surface area contributed by atoms with E-state index >= 15 is 0 Å². The summed E-state index contributed by atoms with van der Waals surface area (Å²) in [5, 5.41) is 11.7. The fourth-order valence-corrected chi connectivity index (χ4v) is 2.02. The third-order valence-corrected chi connectivity index (χ3v) is 2.96. The highest BCUT2D eigenvalue weighted by Crippen LogP contribution is 2.10. The molecule has 0 aliphatic heterocycles. The molecule has 2 aromatic rings. The lowest BCUT2D eigenvalue weighted by molar-refractivity contribution is 0.318. The lowest BCUT2D eigenvalue weighted by atomic mass is 10.1. The monoisotopic (exact) mass is 258 g/mol. The first kappa shape index (κ1) is 13.1.